The van der Waals surface area contributed by atoms with Gasteiger partial charge < -0.3 is 14.8 Å². The highest BCUT2D eigenvalue weighted by molar-refractivity contribution is 5.39. The minimum atomic E-state index is 0.759. The van der Waals surface area contributed by atoms with Crippen molar-refractivity contribution in [1.29, 1.82) is 0 Å². The second kappa shape index (κ2) is 6.40. The molecule has 0 spiro atoms. The average Bonchev–Trinajstić information content (AvgIpc) is 2.92. The molecule has 0 unspecified atom stereocenters. The first kappa shape index (κ1) is 12.9. The Kier molecular flexibility index (Phi) is 4.36. The van der Waals surface area contributed by atoms with E-state index in [0.29, 0.717) is 0 Å². The molecule has 1 aromatic rings. The van der Waals surface area contributed by atoms with Crippen molar-refractivity contribution in [3.05, 3.63) is 29.3 Å². The maximum atomic E-state index is 5.84. The van der Waals surface area contributed by atoms with Gasteiger partial charge in [0, 0.05) is 13.0 Å². The monoisotopic (exact) mass is 261 g/mol. The van der Waals surface area contributed by atoms with Gasteiger partial charge in [-0.25, -0.2) is 0 Å². The third-order valence-electron chi connectivity index (χ3n) is 4.10. The second-order valence-electron chi connectivity index (χ2n) is 5.56. The summed E-state index contributed by atoms with van der Waals surface area (Å²) in [6.07, 6.45) is 4.59. The molecule has 0 radical (unpaired) electrons. The molecule has 1 fully saturated rings. The van der Waals surface area contributed by atoms with Gasteiger partial charge in [0.25, 0.3) is 0 Å². The first-order chi connectivity index (χ1) is 9.42. The summed E-state index contributed by atoms with van der Waals surface area (Å²) in [5.74, 6) is 1.83. The molecule has 2 aliphatic heterocycles. The van der Waals surface area contributed by atoms with Crippen LogP contribution >= 0.6 is 0 Å². The lowest BCUT2D eigenvalue weighted by molar-refractivity contribution is 0.0901. The van der Waals surface area contributed by atoms with Crippen molar-refractivity contribution in [3.8, 4) is 5.75 Å². The summed E-state index contributed by atoms with van der Waals surface area (Å²) in [5, 5.41) is 3.39. The summed E-state index contributed by atoms with van der Waals surface area (Å²) in [6, 6.07) is 6.54. The van der Waals surface area contributed by atoms with Crippen LogP contribution in [0.5, 0.6) is 5.75 Å². The van der Waals surface area contributed by atoms with Crippen LogP contribution in [0, 0.1) is 5.92 Å². The van der Waals surface area contributed by atoms with Crippen LogP contribution in [-0.2, 0) is 17.6 Å². The fraction of sp³-hybridized carbons (Fsp3) is 0.625. The van der Waals surface area contributed by atoms with Gasteiger partial charge in [-0.05, 0) is 55.5 Å². The van der Waals surface area contributed by atoms with Crippen LogP contribution in [-0.4, -0.2) is 32.9 Å². The van der Waals surface area contributed by atoms with Crippen LogP contribution < -0.4 is 10.1 Å². The van der Waals surface area contributed by atoms with Crippen LogP contribution in [0.4, 0.5) is 0 Å². The third-order valence-corrected chi connectivity index (χ3v) is 4.10. The molecule has 0 saturated carbocycles. The van der Waals surface area contributed by atoms with Gasteiger partial charge in [0.2, 0.25) is 0 Å². The number of hydrogen-bond donors (Lipinski definition) is 1. The summed E-state index contributed by atoms with van der Waals surface area (Å²) in [7, 11) is 0. The number of ether oxygens (including phenoxy) is 2. The smallest absolute Gasteiger partial charge is 0.122 e. The van der Waals surface area contributed by atoms with Crippen LogP contribution in [0.15, 0.2) is 18.2 Å². The van der Waals surface area contributed by atoms with Crippen LogP contribution in [0.2, 0.25) is 0 Å². The molecule has 3 heteroatoms. The van der Waals surface area contributed by atoms with E-state index in [2.05, 4.69) is 23.5 Å². The fourth-order valence-electron chi connectivity index (χ4n) is 2.88. The van der Waals surface area contributed by atoms with Crippen molar-refractivity contribution in [2.45, 2.75) is 25.7 Å². The van der Waals surface area contributed by atoms with Crippen molar-refractivity contribution >= 4 is 0 Å². The molecule has 0 aromatic heterocycles. The summed E-state index contributed by atoms with van der Waals surface area (Å²) in [6.45, 7) is 4.90. The molecule has 1 N–H and O–H groups in total. The van der Waals surface area contributed by atoms with Gasteiger partial charge in [0.15, 0.2) is 0 Å². The number of nitrogens with one attached hydrogen (secondary N) is 1. The molecule has 104 valence electrons. The zero-order valence-corrected chi connectivity index (χ0v) is 11.5. The van der Waals surface area contributed by atoms with Crippen LogP contribution in [0.1, 0.15) is 24.0 Å². The Balaban J connectivity index is 1.40. The summed E-state index contributed by atoms with van der Waals surface area (Å²) >= 11 is 0. The Morgan fingerprint density at radius 3 is 3.05 bits per heavy atom. The molecule has 2 heterocycles. The molecule has 3 rings (SSSR count). The predicted molar refractivity (Wildman–Crippen MR) is 75.8 cm³/mol. The number of hydrogen-bond acceptors (Lipinski definition) is 3. The van der Waals surface area contributed by atoms with E-state index in [9.17, 15) is 0 Å². The highest BCUT2D eigenvalue weighted by atomic mass is 16.5. The molecule has 19 heavy (non-hydrogen) atoms. The molecule has 0 amide bonds. The van der Waals surface area contributed by atoms with Gasteiger partial charge in [0.1, 0.15) is 5.75 Å². The van der Waals surface area contributed by atoms with Gasteiger partial charge in [-0.15, -0.1) is 0 Å². The molecule has 0 aliphatic carbocycles. The number of rotatable bonds is 5. The highest BCUT2D eigenvalue weighted by Gasteiger charge is 2.13. The molecular formula is C16H23NO2. The minimum absolute atomic E-state index is 0.759. The van der Waals surface area contributed by atoms with Gasteiger partial charge in [-0.1, -0.05) is 12.1 Å². The summed E-state index contributed by atoms with van der Waals surface area (Å²) < 4.78 is 11.4. The Hall–Kier alpha value is -1.06. The quantitative estimate of drug-likeness (QED) is 0.824. The van der Waals surface area contributed by atoms with E-state index in [1.165, 1.54) is 24.0 Å². The van der Waals surface area contributed by atoms with Crippen molar-refractivity contribution < 1.29 is 9.47 Å². The van der Waals surface area contributed by atoms with Crippen molar-refractivity contribution in [2.24, 2.45) is 5.92 Å². The Morgan fingerprint density at radius 1 is 1.26 bits per heavy atom. The largest absolute Gasteiger partial charge is 0.493 e. The lowest BCUT2D eigenvalue weighted by Gasteiger charge is -2.22. The Bertz CT molecular complexity index is 413. The second-order valence-corrected chi connectivity index (χ2v) is 5.56. The lowest BCUT2D eigenvalue weighted by atomic mass is 9.99. The van der Waals surface area contributed by atoms with E-state index in [1.54, 1.807) is 0 Å². The molecule has 0 atom stereocenters. The van der Waals surface area contributed by atoms with E-state index in [1.807, 2.05) is 0 Å². The summed E-state index contributed by atoms with van der Waals surface area (Å²) in [4.78, 5) is 0. The van der Waals surface area contributed by atoms with E-state index >= 15 is 0 Å². The highest BCUT2D eigenvalue weighted by Crippen LogP contribution is 2.26. The normalized spacial score (nSPS) is 19.2. The maximum absolute atomic E-state index is 5.84. The number of fused-ring (bicyclic) bond motifs is 1. The molecule has 2 aliphatic rings. The SMILES string of the molecule is c1cc2c(cc1CCOCC1CCNCC1)CCO2. The van der Waals surface area contributed by atoms with E-state index in [4.69, 9.17) is 9.47 Å². The Labute approximate surface area is 115 Å². The van der Waals surface area contributed by atoms with Gasteiger partial charge in [-0.3, -0.25) is 0 Å². The van der Waals surface area contributed by atoms with Crippen LogP contribution in [0.3, 0.4) is 0 Å². The molecular weight excluding hydrogens is 238 g/mol. The maximum Gasteiger partial charge on any atom is 0.122 e. The van der Waals surface area contributed by atoms with Gasteiger partial charge >= 0.3 is 0 Å². The average molecular weight is 261 g/mol. The Morgan fingerprint density at radius 2 is 2.16 bits per heavy atom. The van der Waals surface area contributed by atoms with Crippen molar-refractivity contribution in [2.75, 3.05) is 32.9 Å². The zero-order valence-electron chi connectivity index (χ0n) is 11.5. The predicted octanol–water partition coefficient (Wildman–Crippen LogP) is 2.18. The van der Waals surface area contributed by atoms with Gasteiger partial charge in [0.05, 0.1) is 13.2 Å². The molecule has 1 aromatic carbocycles. The van der Waals surface area contributed by atoms with Crippen LogP contribution in [0.25, 0.3) is 0 Å². The first-order valence-electron chi connectivity index (χ1n) is 7.45. The topological polar surface area (TPSA) is 30.5 Å². The number of benzene rings is 1. The van der Waals surface area contributed by atoms with Crippen molar-refractivity contribution in [1.82, 2.24) is 5.32 Å². The van der Waals surface area contributed by atoms with E-state index < -0.39 is 0 Å². The molecule has 3 nitrogen and oxygen atoms in total. The zero-order chi connectivity index (χ0) is 12.9. The molecule has 1 saturated heterocycles. The molecule has 0 bridgehead atoms. The minimum Gasteiger partial charge on any atom is -0.493 e. The van der Waals surface area contributed by atoms with Crippen molar-refractivity contribution in [3.63, 3.8) is 0 Å². The van der Waals surface area contributed by atoms with E-state index in [-0.39, 0.29) is 0 Å². The van der Waals surface area contributed by atoms with Gasteiger partial charge in [-0.2, -0.15) is 0 Å². The third kappa shape index (κ3) is 3.48. The summed E-state index contributed by atoms with van der Waals surface area (Å²) in [5.41, 5.74) is 2.73. The number of piperidine rings is 1. The first-order valence-corrected chi connectivity index (χ1v) is 7.45. The van der Waals surface area contributed by atoms with E-state index in [0.717, 1.165) is 57.4 Å². The lowest BCUT2D eigenvalue weighted by Crippen LogP contribution is -2.30. The fourth-order valence-corrected chi connectivity index (χ4v) is 2.88. The standard InChI is InChI=1S/C16H23NO2/c1-2-16-15(6-10-19-16)11-13(1)5-9-18-12-14-3-7-17-8-4-14/h1-2,11,14,17H,3-10,12H2.